The predicted octanol–water partition coefficient (Wildman–Crippen LogP) is 1.45. The first-order chi connectivity index (χ1) is 8.15. The zero-order chi connectivity index (χ0) is 14.0. The molecule has 0 radical (unpaired) electrons. The molecule has 102 valence electrons. The molecule has 1 aromatic rings. The van der Waals surface area contributed by atoms with E-state index >= 15 is 0 Å². The molecule has 0 fully saturated rings. The van der Waals surface area contributed by atoms with E-state index in [-0.39, 0.29) is 10.6 Å². The first kappa shape index (κ1) is 14.7. The minimum atomic E-state index is -4.42. The van der Waals surface area contributed by atoms with Gasteiger partial charge in [-0.15, -0.1) is 0 Å². The molecule has 0 aliphatic heterocycles. The average Bonchev–Trinajstić information content (AvgIpc) is 2.27. The second-order valence-corrected chi connectivity index (χ2v) is 5.22. The molecule has 3 N–H and O–H groups in total. The van der Waals surface area contributed by atoms with Crippen LogP contribution >= 0.6 is 0 Å². The molecule has 1 aromatic carbocycles. The molecule has 0 unspecified atom stereocenters. The quantitative estimate of drug-likeness (QED) is 0.635. The van der Waals surface area contributed by atoms with Gasteiger partial charge in [-0.25, -0.2) is 21.9 Å². The van der Waals surface area contributed by atoms with Gasteiger partial charge in [0.1, 0.15) is 0 Å². The smallest absolute Gasteiger partial charge is 0.320 e. The van der Waals surface area contributed by atoms with Crippen LogP contribution in [0.15, 0.2) is 29.2 Å². The summed E-state index contributed by atoms with van der Waals surface area (Å²) in [5.41, 5.74) is 5.60. The predicted molar refractivity (Wildman–Crippen MR) is 57.0 cm³/mol. The zero-order valence-electron chi connectivity index (χ0n) is 8.91. The maximum absolute atomic E-state index is 12.6. The van der Waals surface area contributed by atoms with Crippen LogP contribution in [0.1, 0.15) is 0 Å². The fraction of sp³-hybridized carbons (Fsp3) is 0.333. The van der Waals surface area contributed by atoms with Crippen LogP contribution in [0.5, 0.6) is 0 Å². The number of hydrogen-bond acceptors (Lipinski definition) is 3. The van der Waals surface area contributed by atoms with Crippen molar-refractivity contribution >= 4 is 15.7 Å². The Balaban J connectivity index is 2.81. The molecule has 0 aliphatic rings. The third kappa shape index (κ3) is 3.57. The van der Waals surface area contributed by atoms with Crippen LogP contribution in [-0.2, 0) is 10.0 Å². The second-order valence-electron chi connectivity index (χ2n) is 3.46. The fourth-order valence-corrected chi connectivity index (χ4v) is 2.04. The number of sulfonamides is 1. The van der Waals surface area contributed by atoms with E-state index in [1.165, 1.54) is 16.9 Å². The van der Waals surface area contributed by atoms with Gasteiger partial charge < -0.3 is 5.73 Å². The van der Waals surface area contributed by atoms with E-state index < -0.39 is 28.9 Å². The van der Waals surface area contributed by atoms with Crippen molar-refractivity contribution in [1.82, 2.24) is 4.72 Å². The molecule has 0 saturated heterocycles. The summed E-state index contributed by atoms with van der Waals surface area (Å²) in [6.07, 6.45) is -3.94. The van der Waals surface area contributed by atoms with Gasteiger partial charge in [-0.3, -0.25) is 0 Å². The van der Waals surface area contributed by atoms with E-state index in [0.29, 0.717) is 0 Å². The van der Waals surface area contributed by atoms with E-state index in [0.717, 1.165) is 12.1 Å². The lowest BCUT2D eigenvalue weighted by atomic mass is 10.3. The highest BCUT2D eigenvalue weighted by Gasteiger charge is 2.41. The minimum Gasteiger partial charge on any atom is -0.399 e. The van der Waals surface area contributed by atoms with Crippen molar-refractivity contribution in [1.29, 1.82) is 0 Å². The third-order valence-corrected chi connectivity index (χ3v) is 3.42. The van der Waals surface area contributed by atoms with Gasteiger partial charge in [-0.05, 0) is 24.3 Å². The van der Waals surface area contributed by atoms with Gasteiger partial charge in [-0.1, -0.05) is 0 Å². The summed E-state index contributed by atoms with van der Waals surface area (Å²) in [5, 5.41) is 0. The van der Waals surface area contributed by atoms with Crippen LogP contribution in [0.25, 0.3) is 0 Å². The zero-order valence-corrected chi connectivity index (χ0v) is 9.72. The molecule has 0 spiro atoms. The van der Waals surface area contributed by atoms with Gasteiger partial charge in [-0.2, -0.15) is 8.78 Å². The monoisotopic (exact) mass is 286 g/mol. The maximum atomic E-state index is 12.6. The standard InChI is InChI=1S/C9H10F4N2O2S/c10-8(11)9(12,13)5-15-18(16,17)7-3-1-6(14)2-4-7/h1-4,8,15H,5,14H2. The number of halogens is 4. The lowest BCUT2D eigenvalue weighted by Crippen LogP contribution is -2.41. The van der Waals surface area contributed by atoms with Gasteiger partial charge in [0, 0.05) is 5.69 Å². The van der Waals surface area contributed by atoms with Gasteiger partial charge in [0.2, 0.25) is 10.0 Å². The molecule has 0 heterocycles. The summed E-state index contributed by atoms with van der Waals surface area (Å²) in [7, 11) is -4.26. The summed E-state index contributed by atoms with van der Waals surface area (Å²) < 4.78 is 73.2. The lowest BCUT2D eigenvalue weighted by molar-refractivity contribution is -0.122. The lowest BCUT2D eigenvalue weighted by Gasteiger charge is -2.15. The third-order valence-electron chi connectivity index (χ3n) is 2.01. The Labute approximate surface area is 101 Å². The summed E-state index contributed by atoms with van der Waals surface area (Å²) in [4.78, 5) is -0.332. The number of benzene rings is 1. The number of anilines is 1. The Morgan fingerprint density at radius 3 is 2.17 bits per heavy atom. The van der Waals surface area contributed by atoms with Crippen molar-refractivity contribution in [2.24, 2.45) is 0 Å². The molecule has 0 saturated carbocycles. The summed E-state index contributed by atoms with van der Waals surface area (Å²) in [6.45, 7) is -1.67. The van der Waals surface area contributed by atoms with Gasteiger partial charge >= 0.3 is 12.3 Å². The molecule has 0 atom stereocenters. The van der Waals surface area contributed by atoms with Crippen LogP contribution in [0.3, 0.4) is 0 Å². The van der Waals surface area contributed by atoms with E-state index in [1.54, 1.807) is 0 Å². The molecule has 1 rings (SSSR count). The van der Waals surface area contributed by atoms with Crippen molar-refractivity contribution < 1.29 is 26.0 Å². The Hall–Kier alpha value is -1.35. The average molecular weight is 286 g/mol. The Morgan fingerprint density at radius 1 is 1.22 bits per heavy atom. The van der Waals surface area contributed by atoms with Gasteiger partial charge in [0.25, 0.3) is 0 Å². The second kappa shape index (κ2) is 5.11. The molecule has 0 aliphatic carbocycles. The van der Waals surface area contributed by atoms with Crippen molar-refractivity contribution in [3.05, 3.63) is 24.3 Å². The normalized spacial score (nSPS) is 12.9. The highest BCUT2D eigenvalue weighted by molar-refractivity contribution is 7.89. The first-order valence-corrected chi connectivity index (χ1v) is 6.14. The molecule has 4 nitrogen and oxygen atoms in total. The van der Waals surface area contributed by atoms with Crippen molar-refractivity contribution in [3.63, 3.8) is 0 Å². The Kier molecular flexibility index (Phi) is 4.17. The number of nitrogens with two attached hydrogens (primary N) is 1. The summed E-state index contributed by atoms with van der Waals surface area (Å²) in [5.74, 6) is -4.42. The minimum absolute atomic E-state index is 0.284. The summed E-state index contributed by atoms with van der Waals surface area (Å²) >= 11 is 0. The number of nitrogens with one attached hydrogen (secondary N) is 1. The fourth-order valence-electron chi connectivity index (χ4n) is 0.999. The van der Waals surface area contributed by atoms with E-state index in [1.807, 2.05) is 0 Å². The van der Waals surface area contributed by atoms with Crippen LogP contribution in [0.4, 0.5) is 23.2 Å². The van der Waals surface area contributed by atoms with Crippen LogP contribution in [0.2, 0.25) is 0 Å². The van der Waals surface area contributed by atoms with Gasteiger partial charge in [0.15, 0.2) is 0 Å². The highest BCUT2D eigenvalue weighted by atomic mass is 32.2. The molecular weight excluding hydrogens is 276 g/mol. The first-order valence-electron chi connectivity index (χ1n) is 4.66. The highest BCUT2D eigenvalue weighted by Crippen LogP contribution is 2.22. The largest absolute Gasteiger partial charge is 0.399 e. The van der Waals surface area contributed by atoms with E-state index in [4.69, 9.17) is 5.73 Å². The Morgan fingerprint density at radius 2 is 1.72 bits per heavy atom. The number of nitrogen functional groups attached to an aromatic ring is 1. The van der Waals surface area contributed by atoms with E-state index in [2.05, 4.69) is 0 Å². The van der Waals surface area contributed by atoms with E-state index in [9.17, 15) is 26.0 Å². The Bertz CT molecular complexity index is 502. The van der Waals surface area contributed by atoms with Gasteiger partial charge in [0.05, 0.1) is 11.4 Å². The van der Waals surface area contributed by atoms with Crippen LogP contribution < -0.4 is 10.5 Å². The topological polar surface area (TPSA) is 72.2 Å². The van der Waals surface area contributed by atoms with Crippen molar-refractivity contribution in [2.75, 3.05) is 12.3 Å². The van der Waals surface area contributed by atoms with Crippen molar-refractivity contribution in [2.45, 2.75) is 17.2 Å². The number of hydrogen-bond donors (Lipinski definition) is 2. The van der Waals surface area contributed by atoms with Crippen molar-refractivity contribution in [3.8, 4) is 0 Å². The van der Waals surface area contributed by atoms with Crippen LogP contribution in [-0.4, -0.2) is 27.3 Å². The number of rotatable bonds is 5. The van der Waals surface area contributed by atoms with Crippen LogP contribution in [0, 0.1) is 0 Å². The molecular formula is C9H10F4N2O2S. The maximum Gasteiger partial charge on any atom is 0.320 e. The molecule has 0 aromatic heterocycles. The molecule has 9 heteroatoms. The summed E-state index contributed by atoms with van der Waals surface area (Å²) in [6, 6.07) is 4.66. The molecule has 0 bridgehead atoms. The molecule has 18 heavy (non-hydrogen) atoms. The SMILES string of the molecule is Nc1ccc(S(=O)(=O)NCC(F)(F)C(F)F)cc1. The molecule has 0 amide bonds. The number of alkyl halides is 4.